The molecule has 1 aliphatic heterocycles. The van der Waals surface area contributed by atoms with Crippen LogP contribution < -0.4 is 5.56 Å². The number of nitrogens with zero attached hydrogens (tertiary/aromatic N) is 3. The molecule has 3 heterocycles. The van der Waals surface area contributed by atoms with E-state index in [4.69, 9.17) is 0 Å². The van der Waals surface area contributed by atoms with E-state index in [0.29, 0.717) is 17.2 Å². The number of carbonyl (C=O) groups excluding carboxylic acids is 1. The fourth-order valence-corrected chi connectivity index (χ4v) is 3.98. The number of aryl methyl sites for hydroxylation is 2. The highest BCUT2D eigenvalue weighted by Gasteiger charge is 2.34. The summed E-state index contributed by atoms with van der Waals surface area (Å²) in [4.78, 5) is 39.2. The zero-order valence-corrected chi connectivity index (χ0v) is 15.2. The Hall–Kier alpha value is -2.02. The summed E-state index contributed by atoms with van der Waals surface area (Å²) >= 11 is 1.42. The third-order valence-corrected chi connectivity index (χ3v) is 5.36. The Morgan fingerprint density at radius 1 is 1.38 bits per heavy atom. The van der Waals surface area contributed by atoms with Crippen molar-refractivity contribution in [2.45, 2.75) is 52.5 Å². The summed E-state index contributed by atoms with van der Waals surface area (Å²) in [6.07, 6.45) is 1.72. The van der Waals surface area contributed by atoms with Crippen LogP contribution in [0.2, 0.25) is 0 Å². The van der Waals surface area contributed by atoms with Gasteiger partial charge in [-0.05, 0) is 32.6 Å². The minimum atomic E-state index is -0.175. The van der Waals surface area contributed by atoms with Gasteiger partial charge in [0, 0.05) is 12.6 Å². The van der Waals surface area contributed by atoms with Crippen LogP contribution in [-0.2, 0) is 0 Å². The number of hydrogen-bond donors (Lipinski definition) is 1. The lowest BCUT2D eigenvalue weighted by Crippen LogP contribution is -2.32. The number of nitrogens with one attached hydrogen (secondary N) is 1. The highest BCUT2D eigenvalue weighted by molar-refractivity contribution is 7.13. The molecule has 2 aromatic heterocycles. The molecule has 1 amide bonds. The second-order valence-corrected chi connectivity index (χ2v) is 7.72. The molecule has 3 rings (SSSR count). The van der Waals surface area contributed by atoms with Crippen LogP contribution in [0.15, 0.2) is 10.9 Å². The molecule has 128 valence electrons. The molecule has 1 aliphatic rings. The molecule has 7 heteroatoms. The van der Waals surface area contributed by atoms with Crippen molar-refractivity contribution in [3.63, 3.8) is 0 Å². The lowest BCUT2D eigenvalue weighted by Gasteiger charge is -2.24. The topological polar surface area (TPSA) is 79.0 Å². The Labute approximate surface area is 145 Å². The number of likely N-dealkylation sites (tertiary alicyclic amines) is 1. The zero-order chi connectivity index (χ0) is 17.4. The molecule has 6 nitrogen and oxygen atoms in total. The number of H-pyrrole nitrogens is 1. The monoisotopic (exact) mass is 346 g/mol. The summed E-state index contributed by atoms with van der Waals surface area (Å²) in [6.45, 7) is 8.46. The van der Waals surface area contributed by atoms with Crippen molar-refractivity contribution < 1.29 is 4.79 Å². The van der Waals surface area contributed by atoms with E-state index in [2.05, 4.69) is 15.0 Å². The maximum Gasteiger partial charge on any atom is 0.266 e. The molecular formula is C17H22N4O2S. The normalized spacial score (nSPS) is 17.7. The number of aromatic nitrogens is 3. The molecule has 0 saturated carbocycles. The first kappa shape index (κ1) is 16.8. The summed E-state index contributed by atoms with van der Waals surface area (Å²) in [6, 6.07) is 1.36. The van der Waals surface area contributed by atoms with E-state index in [1.54, 1.807) is 0 Å². The second kappa shape index (κ2) is 6.47. The van der Waals surface area contributed by atoms with Crippen molar-refractivity contribution in [1.82, 2.24) is 19.9 Å². The van der Waals surface area contributed by atoms with Crippen LogP contribution in [-0.4, -0.2) is 32.3 Å². The third kappa shape index (κ3) is 3.13. The number of rotatable bonds is 3. The summed E-state index contributed by atoms with van der Waals surface area (Å²) in [5.74, 6) is 0.747. The molecule has 0 unspecified atom stereocenters. The van der Waals surface area contributed by atoms with Gasteiger partial charge in [0.25, 0.3) is 11.5 Å². The van der Waals surface area contributed by atoms with Crippen LogP contribution in [0.4, 0.5) is 0 Å². The predicted octanol–water partition coefficient (Wildman–Crippen LogP) is 2.94. The Bertz CT molecular complexity index is 824. The maximum atomic E-state index is 12.9. The highest BCUT2D eigenvalue weighted by atomic mass is 32.1. The second-order valence-electron chi connectivity index (χ2n) is 6.51. The average Bonchev–Trinajstić information content (AvgIpc) is 3.12. The maximum absolute atomic E-state index is 12.9. The van der Waals surface area contributed by atoms with Gasteiger partial charge < -0.3 is 9.88 Å². The molecule has 0 aliphatic carbocycles. The summed E-state index contributed by atoms with van der Waals surface area (Å²) in [5.41, 5.74) is 1.37. The first-order valence-corrected chi connectivity index (χ1v) is 9.04. The molecule has 0 bridgehead atoms. The smallest absolute Gasteiger partial charge is 0.266 e. The molecule has 0 aromatic carbocycles. The molecule has 1 atom stereocenters. The molecule has 2 aromatic rings. The van der Waals surface area contributed by atoms with E-state index in [-0.39, 0.29) is 23.4 Å². The highest BCUT2D eigenvalue weighted by Crippen LogP contribution is 2.33. The fourth-order valence-electron chi connectivity index (χ4n) is 3.10. The Balaban J connectivity index is 1.95. The lowest BCUT2D eigenvalue weighted by molar-refractivity contribution is 0.0733. The van der Waals surface area contributed by atoms with E-state index in [0.717, 1.165) is 29.2 Å². The van der Waals surface area contributed by atoms with Gasteiger partial charge in [-0.25, -0.2) is 9.97 Å². The molecule has 24 heavy (non-hydrogen) atoms. The summed E-state index contributed by atoms with van der Waals surface area (Å²) < 4.78 is 0. The number of carbonyl (C=O) groups is 1. The first-order valence-electron chi connectivity index (χ1n) is 8.23. The summed E-state index contributed by atoms with van der Waals surface area (Å²) in [7, 11) is 0. The molecule has 0 radical (unpaired) electrons. The average molecular weight is 346 g/mol. The minimum absolute atomic E-state index is 0.0156. The van der Waals surface area contributed by atoms with Gasteiger partial charge >= 0.3 is 0 Å². The molecule has 1 saturated heterocycles. The van der Waals surface area contributed by atoms with Crippen molar-refractivity contribution in [3.05, 3.63) is 43.5 Å². The van der Waals surface area contributed by atoms with Gasteiger partial charge in [-0.1, -0.05) is 13.8 Å². The lowest BCUT2D eigenvalue weighted by atomic mass is 10.1. The standard InChI is InChI=1S/C17H22N4O2S/c1-9(2)12-8-14(22)20-16(19-12)13-6-5-7-21(13)17(23)15-10(3)18-11(4)24-15/h8-9,13H,5-7H2,1-4H3,(H,19,20,22)/t13-/m0/s1. The number of aromatic amines is 1. The fraction of sp³-hybridized carbons (Fsp3) is 0.529. The van der Waals surface area contributed by atoms with Crippen LogP contribution in [0, 0.1) is 13.8 Å². The Kier molecular flexibility index (Phi) is 4.54. The first-order chi connectivity index (χ1) is 11.4. The van der Waals surface area contributed by atoms with Gasteiger partial charge in [-0.3, -0.25) is 9.59 Å². The van der Waals surface area contributed by atoms with E-state index in [1.807, 2.05) is 32.6 Å². The Morgan fingerprint density at radius 3 is 2.75 bits per heavy atom. The SMILES string of the molecule is Cc1nc(C)c(C(=O)N2CCC[C@H]2c2nc(C(C)C)cc(=O)[nH]2)s1. The van der Waals surface area contributed by atoms with Crippen LogP contribution in [0.25, 0.3) is 0 Å². The number of thiazole rings is 1. The molecular weight excluding hydrogens is 324 g/mol. The van der Waals surface area contributed by atoms with Gasteiger partial charge in [-0.15, -0.1) is 11.3 Å². The van der Waals surface area contributed by atoms with E-state index in [9.17, 15) is 9.59 Å². The number of hydrogen-bond acceptors (Lipinski definition) is 5. The third-order valence-electron chi connectivity index (χ3n) is 4.30. The molecule has 1 fully saturated rings. The quantitative estimate of drug-likeness (QED) is 0.927. The molecule has 0 spiro atoms. The van der Waals surface area contributed by atoms with Crippen LogP contribution in [0.1, 0.15) is 70.5 Å². The number of amides is 1. The van der Waals surface area contributed by atoms with Crippen molar-refractivity contribution >= 4 is 17.2 Å². The van der Waals surface area contributed by atoms with E-state index >= 15 is 0 Å². The predicted molar refractivity (Wildman–Crippen MR) is 93.5 cm³/mol. The van der Waals surface area contributed by atoms with Crippen molar-refractivity contribution in [1.29, 1.82) is 0 Å². The summed E-state index contributed by atoms with van der Waals surface area (Å²) in [5, 5.41) is 0.889. The van der Waals surface area contributed by atoms with E-state index < -0.39 is 0 Å². The minimum Gasteiger partial charge on any atom is -0.328 e. The van der Waals surface area contributed by atoms with E-state index in [1.165, 1.54) is 17.4 Å². The Morgan fingerprint density at radius 2 is 2.12 bits per heavy atom. The van der Waals surface area contributed by atoms with Crippen LogP contribution in [0.5, 0.6) is 0 Å². The van der Waals surface area contributed by atoms with Crippen molar-refractivity contribution in [2.24, 2.45) is 0 Å². The largest absolute Gasteiger partial charge is 0.328 e. The van der Waals surface area contributed by atoms with Crippen LogP contribution >= 0.6 is 11.3 Å². The van der Waals surface area contributed by atoms with Gasteiger partial charge in [0.15, 0.2) is 0 Å². The molecule has 1 N–H and O–H groups in total. The van der Waals surface area contributed by atoms with Gasteiger partial charge in [-0.2, -0.15) is 0 Å². The van der Waals surface area contributed by atoms with Crippen LogP contribution in [0.3, 0.4) is 0 Å². The zero-order valence-electron chi connectivity index (χ0n) is 14.4. The van der Waals surface area contributed by atoms with Crippen molar-refractivity contribution in [2.75, 3.05) is 6.54 Å². The van der Waals surface area contributed by atoms with Gasteiger partial charge in [0.1, 0.15) is 10.7 Å². The van der Waals surface area contributed by atoms with Gasteiger partial charge in [0.2, 0.25) is 0 Å². The van der Waals surface area contributed by atoms with Crippen molar-refractivity contribution in [3.8, 4) is 0 Å². The van der Waals surface area contributed by atoms with Gasteiger partial charge in [0.05, 0.1) is 22.4 Å².